The van der Waals surface area contributed by atoms with Crippen molar-refractivity contribution in [2.75, 3.05) is 0 Å². The van der Waals surface area contributed by atoms with Crippen LogP contribution in [0, 0.1) is 11.7 Å². The fourth-order valence-corrected chi connectivity index (χ4v) is 2.86. The van der Waals surface area contributed by atoms with E-state index >= 15 is 0 Å². The minimum atomic E-state index is -4.77. The van der Waals surface area contributed by atoms with E-state index in [-0.39, 0.29) is 11.5 Å². The Labute approximate surface area is 113 Å². The lowest BCUT2D eigenvalue weighted by atomic mass is 9.84. The summed E-state index contributed by atoms with van der Waals surface area (Å²) in [5.74, 6) is -3.60. The van der Waals surface area contributed by atoms with Gasteiger partial charge in [0.2, 0.25) is 0 Å². The van der Waals surface area contributed by atoms with Gasteiger partial charge in [0.25, 0.3) is 0 Å². The third kappa shape index (κ3) is 2.94. The quantitative estimate of drug-likeness (QED) is 0.847. The first-order chi connectivity index (χ1) is 9.30. The van der Waals surface area contributed by atoms with Crippen LogP contribution in [0.4, 0.5) is 17.6 Å². The van der Waals surface area contributed by atoms with Crippen LogP contribution in [0.3, 0.4) is 0 Å². The molecule has 0 radical (unpaired) electrons. The summed E-state index contributed by atoms with van der Waals surface area (Å²) in [4.78, 5) is 11.3. The Kier molecular flexibility index (Phi) is 4.01. The molecule has 1 aliphatic carbocycles. The Hall–Kier alpha value is -1.59. The first-order valence-electron chi connectivity index (χ1n) is 6.40. The van der Waals surface area contributed by atoms with Gasteiger partial charge in [0.1, 0.15) is 5.82 Å². The molecule has 0 heterocycles. The summed E-state index contributed by atoms with van der Waals surface area (Å²) in [6.45, 7) is 0. The number of carboxylic acid groups (broad SMARTS) is 1. The number of halogens is 4. The number of aliphatic carboxylic acids is 1. The van der Waals surface area contributed by atoms with Crippen LogP contribution in [-0.4, -0.2) is 11.1 Å². The SMILES string of the molecule is O=C(O)C(c1ccc(C(F)(F)F)c(F)c1)C1CCCC1. The molecule has 110 valence electrons. The van der Waals surface area contributed by atoms with Gasteiger partial charge < -0.3 is 5.11 Å². The van der Waals surface area contributed by atoms with E-state index in [1.54, 1.807) is 0 Å². The van der Waals surface area contributed by atoms with Gasteiger partial charge in [-0.1, -0.05) is 18.9 Å². The van der Waals surface area contributed by atoms with E-state index in [0.717, 1.165) is 18.9 Å². The van der Waals surface area contributed by atoms with E-state index in [0.29, 0.717) is 25.0 Å². The van der Waals surface area contributed by atoms with Crippen molar-refractivity contribution < 1.29 is 27.5 Å². The van der Waals surface area contributed by atoms with Gasteiger partial charge in [0.15, 0.2) is 0 Å². The number of benzene rings is 1. The van der Waals surface area contributed by atoms with Gasteiger partial charge in [-0.3, -0.25) is 4.79 Å². The van der Waals surface area contributed by atoms with Gasteiger partial charge in [-0.2, -0.15) is 13.2 Å². The Bertz CT molecular complexity index is 504. The zero-order valence-corrected chi connectivity index (χ0v) is 10.6. The molecule has 1 aromatic carbocycles. The van der Waals surface area contributed by atoms with Gasteiger partial charge in [-0.25, -0.2) is 4.39 Å². The minimum Gasteiger partial charge on any atom is -0.481 e. The zero-order valence-electron chi connectivity index (χ0n) is 10.6. The molecule has 0 bridgehead atoms. The van der Waals surface area contributed by atoms with Crippen LogP contribution in [-0.2, 0) is 11.0 Å². The first-order valence-corrected chi connectivity index (χ1v) is 6.40. The van der Waals surface area contributed by atoms with Gasteiger partial charge in [-0.05, 0) is 36.5 Å². The monoisotopic (exact) mass is 290 g/mol. The summed E-state index contributed by atoms with van der Waals surface area (Å²) >= 11 is 0. The fourth-order valence-electron chi connectivity index (χ4n) is 2.86. The van der Waals surface area contributed by atoms with Gasteiger partial charge in [0.05, 0.1) is 11.5 Å². The molecule has 0 saturated heterocycles. The van der Waals surface area contributed by atoms with Crippen LogP contribution >= 0.6 is 0 Å². The standard InChI is InChI=1S/C14H14F4O2/c15-11-7-9(5-6-10(11)14(16,17)18)12(13(19)20)8-3-1-2-4-8/h5-8,12H,1-4H2,(H,19,20). The second kappa shape index (κ2) is 5.42. The van der Waals surface area contributed by atoms with Crippen LogP contribution in [0.15, 0.2) is 18.2 Å². The summed E-state index contributed by atoms with van der Waals surface area (Å²) in [5, 5.41) is 9.26. The number of carbonyl (C=O) groups is 1. The largest absolute Gasteiger partial charge is 0.481 e. The smallest absolute Gasteiger partial charge is 0.419 e. The molecule has 0 spiro atoms. The molecule has 1 fully saturated rings. The Morgan fingerprint density at radius 2 is 1.85 bits per heavy atom. The number of hydrogen-bond donors (Lipinski definition) is 1. The molecular weight excluding hydrogens is 276 g/mol. The third-order valence-electron chi connectivity index (χ3n) is 3.79. The molecule has 6 heteroatoms. The van der Waals surface area contributed by atoms with E-state index < -0.39 is 29.4 Å². The molecule has 1 aliphatic rings. The Morgan fingerprint density at radius 1 is 1.25 bits per heavy atom. The van der Waals surface area contributed by atoms with Crippen LogP contribution in [0.5, 0.6) is 0 Å². The highest BCUT2D eigenvalue weighted by molar-refractivity contribution is 5.76. The molecule has 1 N–H and O–H groups in total. The Balaban J connectivity index is 2.35. The van der Waals surface area contributed by atoms with E-state index in [1.807, 2.05) is 0 Å². The van der Waals surface area contributed by atoms with Gasteiger partial charge in [-0.15, -0.1) is 0 Å². The van der Waals surface area contributed by atoms with E-state index in [9.17, 15) is 27.5 Å². The highest BCUT2D eigenvalue weighted by Gasteiger charge is 2.36. The number of rotatable bonds is 3. The second-order valence-corrected chi connectivity index (χ2v) is 5.10. The molecule has 2 rings (SSSR count). The molecule has 0 aliphatic heterocycles. The normalized spacial score (nSPS) is 18.2. The summed E-state index contributed by atoms with van der Waals surface area (Å²) in [7, 11) is 0. The lowest BCUT2D eigenvalue weighted by Crippen LogP contribution is -2.20. The molecule has 1 atom stereocenters. The fraction of sp³-hybridized carbons (Fsp3) is 0.500. The number of alkyl halides is 3. The van der Waals surface area contributed by atoms with Crippen molar-refractivity contribution in [1.29, 1.82) is 0 Å². The number of carboxylic acids is 1. The number of hydrogen-bond acceptors (Lipinski definition) is 1. The highest BCUT2D eigenvalue weighted by atomic mass is 19.4. The van der Waals surface area contributed by atoms with Crippen molar-refractivity contribution in [2.24, 2.45) is 5.92 Å². The predicted molar refractivity (Wildman–Crippen MR) is 63.7 cm³/mol. The van der Waals surface area contributed by atoms with Crippen LogP contribution in [0.1, 0.15) is 42.7 Å². The lowest BCUT2D eigenvalue weighted by molar-refractivity contribution is -0.140. The van der Waals surface area contributed by atoms with E-state index in [4.69, 9.17) is 0 Å². The van der Waals surface area contributed by atoms with Crippen LogP contribution in [0.25, 0.3) is 0 Å². The summed E-state index contributed by atoms with van der Waals surface area (Å²) in [6, 6.07) is 2.40. The maximum atomic E-state index is 13.5. The van der Waals surface area contributed by atoms with E-state index in [1.165, 1.54) is 0 Å². The van der Waals surface area contributed by atoms with Crippen molar-refractivity contribution in [1.82, 2.24) is 0 Å². The maximum Gasteiger partial charge on any atom is 0.419 e. The van der Waals surface area contributed by atoms with Crippen molar-refractivity contribution in [3.8, 4) is 0 Å². The van der Waals surface area contributed by atoms with Crippen molar-refractivity contribution in [2.45, 2.75) is 37.8 Å². The first kappa shape index (κ1) is 14.8. The van der Waals surface area contributed by atoms with Crippen molar-refractivity contribution in [3.05, 3.63) is 35.1 Å². The average Bonchev–Trinajstić information content (AvgIpc) is 2.80. The topological polar surface area (TPSA) is 37.3 Å². The molecule has 1 aromatic rings. The van der Waals surface area contributed by atoms with Crippen LogP contribution in [0.2, 0.25) is 0 Å². The van der Waals surface area contributed by atoms with E-state index in [2.05, 4.69) is 0 Å². The maximum absolute atomic E-state index is 13.5. The molecular formula is C14H14F4O2. The predicted octanol–water partition coefficient (Wildman–Crippen LogP) is 4.20. The Morgan fingerprint density at radius 3 is 2.30 bits per heavy atom. The zero-order chi connectivity index (χ0) is 14.9. The van der Waals surface area contributed by atoms with Crippen molar-refractivity contribution in [3.63, 3.8) is 0 Å². The summed E-state index contributed by atoms with van der Waals surface area (Å²) in [6.07, 6.45) is -1.55. The lowest BCUT2D eigenvalue weighted by Gasteiger charge is -2.20. The summed E-state index contributed by atoms with van der Waals surface area (Å²) < 4.78 is 51.0. The molecule has 2 nitrogen and oxygen atoms in total. The molecule has 0 amide bonds. The molecule has 1 unspecified atom stereocenters. The average molecular weight is 290 g/mol. The van der Waals surface area contributed by atoms with Crippen LogP contribution < -0.4 is 0 Å². The summed E-state index contributed by atoms with van der Waals surface area (Å²) in [5.41, 5.74) is -1.26. The highest BCUT2D eigenvalue weighted by Crippen LogP contribution is 2.39. The molecule has 0 aromatic heterocycles. The third-order valence-corrected chi connectivity index (χ3v) is 3.79. The van der Waals surface area contributed by atoms with Crippen molar-refractivity contribution >= 4 is 5.97 Å². The molecule has 20 heavy (non-hydrogen) atoms. The minimum absolute atomic E-state index is 0.106. The second-order valence-electron chi connectivity index (χ2n) is 5.10. The van der Waals surface area contributed by atoms with Gasteiger partial charge in [0, 0.05) is 0 Å². The van der Waals surface area contributed by atoms with Gasteiger partial charge >= 0.3 is 12.1 Å². The molecule has 1 saturated carbocycles.